The third-order valence-electron chi connectivity index (χ3n) is 5.71. The van der Waals surface area contributed by atoms with Crippen molar-refractivity contribution in [3.8, 4) is 0 Å². The van der Waals surface area contributed by atoms with Crippen molar-refractivity contribution in [2.24, 2.45) is 5.92 Å². The molecule has 0 N–H and O–H groups in total. The highest BCUT2D eigenvalue weighted by molar-refractivity contribution is 5.70. The molecule has 1 amide bonds. The maximum atomic E-state index is 12.3. The summed E-state index contributed by atoms with van der Waals surface area (Å²) >= 11 is 0. The zero-order valence-corrected chi connectivity index (χ0v) is 15.0. The van der Waals surface area contributed by atoms with Gasteiger partial charge >= 0.3 is 6.09 Å². The average molecular weight is 328 g/mol. The fourth-order valence-corrected chi connectivity index (χ4v) is 4.37. The summed E-state index contributed by atoms with van der Waals surface area (Å²) in [7, 11) is 0. The number of fused-ring (bicyclic) bond motifs is 1. The van der Waals surface area contributed by atoms with Crippen molar-refractivity contribution in [3.63, 3.8) is 0 Å². The Hall–Kier alpha value is -1.71. The molecule has 0 radical (unpaired) electrons. The van der Waals surface area contributed by atoms with E-state index in [4.69, 9.17) is 4.74 Å². The van der Waals surface area contributed by atoms with Crippen LogP contribution in [0.1, 0.15) is 45.6 Å². The van der Waals surface area contributed by atoms with Gasteiger partial charge in [-0.25, -0.2) is 4.79 Å². The first-order valence-electron chi connectivity index (χ1n) is 9.21. The summed E-state index contributed by atoms with van der Waals surface area (Å²) < 4.78 is 5.54. The number of hydrogen-bond donors (Lipinski definition) is 0. The predicted octanol–water partition coefficient (Wildman–Crippen LogP) is 3.80. The second-order valence-electron chi connectivity index (χ2n) is 8.66. The summed E-state index contributed by atoms with van der Waals surface area (Å²) in [5, 5.41) is 0. The molecule has 1 saturated carbocycles. The molecule has 0 bridgehead atoms. The van der Waals surface area contributed by atoms with Gasteiger partial charge in [0.1, 0.15) is 5.60 Å². The van der Waals surface area contributed by atoms with Crippen LogP contribution >= 0.6 is 0 Å². The summed E-state index contributed by atoms with van der Waals surface area (Å²) in [6, 6.07) is 9.10. The highest BCUT2D eigenvalue weighted by Crippen LogP contribution is 2.59. The minimum Gasteiger partial charge on any atom is -0.444 e. The Morgan fingerprint density at radius 1 is 1.17 bits per heavy atom. The monoisotopic (exact) mass is 328 g/mol. The van der Waals surface area contributed by atoms with Gasteiger partial charge in [0.25, 0.3) is 0 Å². The summed E-state index contributed by atoms with van der Waals surface area (Å²) in [5.74, 6) is 0.600. The molecule has 4 rings (SSSR count). The van der Waals surface area contributed by atoms with E-state index in [2.05, 4.69) is 29.2 Å². The standard InChI is InChI=1S/C20H28N2O2/c1-19(2,3)24-18(23)22-13-16-12-20(16,14-22)15-6-8-17(9-7-15)21-10-4-5-11-21/h6-9,16H,4-5,10-14H2,1-3H3. The number of anilines is 1. The molecule has 1 aromatic carbocycles. The number of likely N-dealkylation sites (tertiary alicyclic amines) is 1. The average Bonchev–Trinajstić information content (AvgIpc) is 2.94. The van der Waals surface area contributed by atoms with Gasteiger partial charge in [0.05, 0.1) is 0 Å². The zero-order chi connectivity index (χ0) is 16.9. The summed E-state index contributed by atoms with van der Waals surface area (Å²) in [5.41, 5.74) is 2.49. The van der Waals surface area contributed by atoms with Crippen LogP contribution < -0.4 is 4.90 Å². The van der Waals surface area contributed by atoms with Gasteiger partial charge in [-0.1, -0.05) is 12.1 Å². The van der Waals surface area contributed by atoms with E-state index in [1.54, 1.807) is 0 Å². The lowest BCUT2D eigenvalue weighted by molar-refractivity contribution is 0.0270. The molecule has 2 unspecified atom stereocenters. The minimum absolute atomic E-state index is 0.164. The molecule has 0 spiro atoms. The Morgan fingerprint density at radius 2 is 1.83 bits per heavy atom. The van der Waals surface area contributed by atoms with Crippen LogP contribution in [0.2, 0.25) is 0 Å². The molecule has 0 aromatic heterocycles. The maximum Gasteiger partial charge on any atom is 0.410 e. The van der Waals surface area contributed by atoms with E-state index >= 15 is 0 Å². The number of carbonyl (C=O) groups is 1. The Morgan fingerprint density at radius 3 is 2.46 bits per heavy atom. The fourth-order valence-electron chi connectivity index (χ4n) is 4.37. The third kappa shape index (κ3) is 2.76. The molecule has 24 heavy (non-hydrogen) atoms. The van der Waals surface area contributed by atoms with Crippen molar-refractivity contribution < 1.29 is 9.53 Å². The van der Waals surface area contributed by atoms with Gasteiger partial charge in [0.15, 0.2) is 0 Å². The SMILES string of the molecule is CC(C)(C)OC(=O)N1CC2CC2(c2ccc(N3CCCC3)cc2)C1. The first-order chi connectivity index (χ1) is 11.4. The van der Waals surface area contributed by atoms with E-state index in [1.165, 1.54) is 43.6 Å². The van der Waals surface area contributed by atoms with Crippen molar-refractivity contribution in [1.82, 2.24) is 4.90 Å². The number of nitrogens with zero attached hydrogens (tertiary/aromatic N) is 2. The van der Waals surface area contributed by atoms with Gasteiger partial charge in [0, 0.05) is 37.3 Å². The lowest BCUT2D eigenvalue weighted by atomic mass is 9.95. The number of amides is 1. The Kier molecular flexibility index (Phi) is 3.55. The van der Waals surface area contributed by atoms with Crippen molar-refractivity contribution >= 4 is 11.8 Å². The molecule has 130 valence electrons. The smallest absolute Gasteiger partial charge is 0.410 e. The molecule has 2 heterocycles. The molecule has 2 atom stereocenters. The first-order valence-corrected chi connectivity index (χ1v) is 9.21. The van der Waals surface area contributed by atoms with Crippen LogP contribution in [0.4, 0.5) is 10.5 Å². The van der Waals surface area contributed by atoms with Gasteiger partial charge in [-0.2, -0.15) is 0 Å². The Bertz CT molecular complexity index is 628. The molecule has 4 nitrogen and oxygen atoms in total. The zero-order valence-electron chi connectivity index (χ0n) is 15.0. The van der Waals surface area contributed by atoms with Crippen LogP contribution in [-0.4, -0.2) is 42.8 Å². The molecule has 3 aliphatic rings. The molecular weight excluding hydrogens is 300 g/mol. The highest BCUT2D eigenvalue weighted by Gasteiger charge is 2.62. The molecule has 2 aliphatic heterocycles. The first kappa shape index (κ1) is 15.8. The number of piperidine rings is 1. The second kappa shape index (κ2) is 5.40. The van der Waals surface area contributed by atoms with Crippen LogP contribution in [0.25, 0.3) is 0 Å². The summed E-state index contributed by atoms with van der Waals surface area (Å²) in [4.78, 5) is 16.7. The van der Waals surface area contributed by atoms with Crippen molar-refractivity contribution in [2.45, 2.75) is 51.0 Å². The molecule has 2 saturated heterocycles. The normalized spacial score (nSPS) is 28.9. The summed E-state index contributed by atoms with van der Waals surface area (Å²) in [6.45, 7) is 9.77. The lowest BCUT2D eigenvalue weighted by Crippen LogP contribution is -2.37. The largest absolute Gasteiger partial charge is 0.444 e. The van der Waals surface area contributed by atoms with E-state index in [1.807, 2.05) is 25.7 Å². The fraction of sp³-hybridized carbons (Fsp3) is 0.650. The number of benzene rings is 1. The number of carbonyl (C=O) groups excluding carboxylic acids is 1. The molecule has 1 aliphatic carbocycles. The maximum absolute atomic E-state index is 12.3. The molecular formula is C20H28N2O2. The number of hydrogen-bond acceptors (Lipinski definition) is 3. The minimum atomic E-state index is -0.422. The molecule has 1 aromatic rings. The number of ether oxygens (including phenoxy) is 1. The van der Waals surface area contributed by atoms with Crippen LogP contribution in [0.3, 0.4) is 0 Å². The Balaban J connectivity index is 1.45. The third-order valence-corrected chi connectivity index (χ3v) is 5.71. The van der Waals surface area contributed by atoms with Gasteiger partial charge in [-0.15, -0.1) is 0 Å². The van der Waals surface area contributed by atoms with Gasteiger partial charge in [0.2, 0.25) is 0 Å². The Labute approximate surface area is 144 Å². The van der Waals surface area contributed by atoms with Crippen molar-refractivity contribution in [3.05, 3.63) is 29.8 Å². The van der Waals surface area contributed by atoms with Gasteiger partial charge < -0.3 is 14.5 Å². The quantitative estimate of drug-likeness (QED) is 0.828. The highest BCUT2D eigenvalue weighted by atomic mass is 16.6. The molecule has 4 heteroatoms. The van der Waals surface area contributed by atoms with Gasteiger partial charge in [-0.05, 0) is 63.6 Å². The van der Waals surface area contributed by atoms with E-state index in [0.29, 0.717) is 5.92 Å². The topological polar surface area (TPSA) is 32.8 Å². The van der Waals surface area contributed by atoms with E-state index in [9.17, 15) is 4.79 Å². The predicted molar refractivity (Wildman–Crippen MR) is 95.5 cm³/mol. The molecule has 3 fully saturated rings. The van der Waals surface area contributed by atoms with Crippen LogP contribution in [0.15, 0.2) is 24.3 Å². The van der Waals surface area contributed by atoms with Crippen LogP contribution in [0.5, 0.6) is 0 Å². The number of rotatable bonds is 2. The second-order valence-corrected chi connectivity index (χ2v) is 8.66. The van der Waals surface area contributed by atoms with Crippen molar-refractivity contribution in [1.29, 1.82) is 0 Å². The van der Waals surface area contributed by atoms with E-state index in [-0.39, 0.29) is 11.5 Å². The van der Waals surface area contributed by atoms with E-state index < -0.39 is 5.60 Å². The van der Waals surface area contributed by atoms with Crippen LogP contribution in [0, 0.1) is 5.92 Å². The van der Waals surface area contributed by atoms with Gasteiger partial charge in [-0.3, -0.25) is 0 Å². The van der Waals surface area contributed by atoms with Crippen LogP contribution in [-0.2, 0) is 10.2 Å². The van der Waals surface area contributed by atoms with E-state index in [0.717, 1.165) is 13.1 Å². The summed E-state index contributed by atoms with van der Waals surface area (Å²) in [6.07, 6.45) is 3.65. The van der Waals surface area contributed by atoms with Crippen molar-refractivity contribution in [2.75, 3.05) is 31.1 Å². The lowest BCUT2D eigenvalue weighted by Gasteiger charge is -2.26.